The molecule has 0 aromatic heterocycles. The van der Waals surface area contributed by atoms with Crippen molar-refractivity contribution in [2.24, 2.45) is 0 Å². The van der Waals surface area contributed by atoms with E-state index < -0.39 is 12.1 Å². The molecule has 0 aliphatic carbocycles. The monoisotopic (exact) mass is 339 g/mol. The maximum atomic E-state index is 12.5. The fourth-order valence-electron chi connectivity index (χ4n) is 2.91. The van der Waals surface area contributed by atoms with Gasteiger partial charge in [0.25, 0.3) is 5.91 Å². The van der Waals surface area contributed by atoms with E-state index in [4.69, 9.17) is 0 Å². The van der Waals surface area contributed by atoms with Crippen molar-refractivity contribution in [2.75, 3.05) is 6.54 Å². The Labute approximate surface area is 144 Å². The molecule has 2 aromatic rings. The summed E-state index contributed by atoms with van der Waals surface area (Å²) in [4.78, 5) is 36.4. The second-order valence-corrected chi connectivity index (χ2v) is 5.73. The van der Waals surface area contributed by atoms with Crippen LogP contribution in [0.25, 0.3) is 0 Å². The van der Waals surface area contributed by atoms with Crippen molar-refractivity contribution >= 4 is 18.3 Å². The first-order valence-electron chi connectivity index (χ1n) is 7.75. The van der Waals surface area contributed by atoms with Crippen molar-refractivity contribution < 1.29 is 19.5 Å². The molecule has 1 aliphatic heterocycles. The molecule has 3 N–H and O–H groups in total. The van der Waals surface area contributed by atoms with E-state index in [0.29, 0.717) is 18.5 Å². The number of imide groups is 1. The number of fused-ring (bicyclic) bond motifs is 1. The predicted octanol–water partition coefficient (Wildman–Crippen LogP) is 1.54. The number of amides is 4. The molecular weight excluding hydrogens is 322 g/mol. The van der Waals surface area contributed by atoms with Gasteiger partial charge in [0.05, 0.1) is 6.04 Å². The average molecular weight is 339 g/mol. The second-order valence-electron chi connectivity index (χ2n) is 5.73. The fraction of sp³-hybridized carbons (Fsp3) is 0.167. The third kappa shape index (κ3) is 3.60. The summed E-state index contributed by atoms with van der Waals surface area (Å²) in [6.45, 7) is 0.591. The quantitative estimate of drug-likeness (QED) is 0.720. The van der Waals surface area contributed by atoms with Gasteiger partial charge in [-0.2, -0.15) is 0 Å². The van der Waals surface area contributed by atoms with Gasteiger partial charge < -0.3 is 15.3 Å². The fourth-order valence-corrected chi connectivity index (χ4v) is 2.91. The Morgan fingerprint density at radius 2 is 2.00 bits per heavy atom. The summed E-state index contributed by atoms with van der Waals surface area (Å²) in [6, 6.07) is 12.7. The van der Waals surface area contributed by atoms with Crippen LogP contribution in [-0.2, 0) is 11.3 Å². The molecular formula is C18H17N3O4. The number of carbonyl (C=O) groups is 3. The minimum Gasteiger partial charge on any atom is -0.508 e. The molecule has 7 heteroatoms. The maximum Gasteiger partial charge on any atom is 0.321 e. The summed E-state index contributed by atoms with van der Waals surface area (Å²) in [6.07, 6.45) is 0.303. The van der Waals surface area contributed by atoms with E-state index in [9.17, 15) is 19.5 Å². The molecule has 1 aliphatic rings. The summed E-state index contributed by atoms with van der Waals surface area (Å²) >= 11 is 0. The first kappa shape index (κ1) is 16.5. The molecule has 3 rings (SSSR count). The Bertz CT molecular complexity index is 807. The third-order valence-electron chi connectivity index (χ3n) is 4.07. The zero-order valence-corrected chi connectivity index (χ0v) is 13.3. The maximum absolute atomic E-state index is 12.5. The highest BCUT2D eigenvalue weighted by molar-refractivity contribution is 5.98. The van der Waals surface area contributed by atoms with Crippen LogP contribution >= 0.6 is 0 Å². The first-order valence-corrected chi connectivity index (χ1v) is 7.75. The lowest BCUT2D eigenvalue weighted by Gasteiger charge is -2.25. The standard InChI is InChI=1S/C18H17N3O4/c22-11-19-18(25)20-16(12-4-2-1-3-5-12)10-21-9-13-8-14(23)6-7-15(13)17(21)24/h1-8,11,16,23H,9-10H2,(H2,19,20,22,25)/t16-/m0/s1. The van der Waals surface area contributed by atoms with E-state index in [0.717, 1.165) is 11.1 Å². The molecule has 0 unspecified atom stereocenters. The van der Waals surface area contributed by atoms with Crippen molar-refractivity contribution in [1.29, 1.82) is 0 Å². The van der Waals surface area contributed by atoms with Crippen LogP contribution in [-0.4, -0.2) is 34.9 Å². The normalized spacial score (nSPS) is 13.9. The van der Waals surface area contributed by atoms with Gasteiger partial charge in [0.15, 0.2) is 0 Å². The zero-order chi connectivity index (χ0) is 17.8. The number of phenolic OH excluding ortho intramolecular Hbond substituents is 1. The lowest BCUT2D eigenvalue weighted by molar-refractivity contribution is -0.108. The second kappa shape index (κ2) is 7.04. The van der Waals surface area contributed by atoms with E-state index in [-0.39, 0.29) is 18.2 Å². The number of urea groups is 1. The van der Waals surface area contributed by atoms with Gasteiger partial charge in [0.1, 0.15) is 5.75 Å². The minimum absolute atomic E-state index is 0.108. The molecule has 7 nitrogen and oxygen atoms in total. The number of rotatable bonds is 5. The van der Waals surface area contributed by atoms with E-state index >= 15 is 0 Å². The van der Waals surface area contributed by atoms with E-state index in [1.807, 2.05) is 35.6 Å². The van der Waals surface area contributed by atoms with Gasteiger partial charge in [-0.3, -0.25) is 14.9 Å². The number of phenols is 1. The van der Waals surface area contributed by atoms with Crippen LogP contribution in [0, 0.1) is 0 Å². The van der Waals surface area contributed by atoms with Crippen LogP contribution in [0.5, 0.6) is 5.75 Å². The summed E-state index contributed by atoms with van der Waals surface area (Å²) in [5, 5.41) is 14.3. The molecule has 2 aromatic carbocycles. The summed E-state index contributed by atoms with van der Waals surface area (Å²) in [5.41, 5.74) is 2.10. The highest BCUT2D eigenvalue weighted by atomic mass is 16.3. The number of nitrogens with one attached hydrogen (secondary N) is 2. The van der Waals surface area contributed by atoms with Crippen molar-refractivity contribution in [3.8, 4) is 5.75 Å². The molecule has 0 fully saturated rings. The largest absolute Gasteiger partial charge is 0.508 e. The molecule has 0 spiro atoms. The van der Waals surface area contributed by atoms with Crippen LogP contribution < -0.4 is 10.6 Å². The van der Waals surface area contributed by atoms with Gasteiger partial charge in [-0.25, -0.2) is 4.79 Å². The van der Waals surface area contributed by atoms with Crippen molar-refractivity contribution in [1.82, 2.24) is 15.5 Å². The molecule has 0 bridgehead atoms. The van der Waals surface area contributed by atoms with Gasteiger partial charge >= 0.3 is 6.03 Å². The Hall–Kier alpha value is -3.35. The number of carbonyl (C=O) groups excluding carboxylic acids is 3. The zero-order valence-electron chi connectivity index (χ0n) is 13.3. The van der Waals surface area contributed by atoms with E-state index in [1.54, 1.807) is 17.0 Å². The number of benzene rings is 2. The molecule has 1 atom stereocenters. The van der Waals surface area contributed by atoms with E-state index in [1.165, 1.54) is 6.07 Å². The van der Waals surface area contributed by atoms with Crippen LogP contribution in [0.1, 0.15) is 27.5 Å². The lowest BCUT2D eigenvalue weighted by atomic mass is 10.1. The van der Waals surface area contributed by atoms with Crippen LogP contribution in [0.3, 0.4) is 0 Å². The van der Waals surface area contributed by atoms with Crippen LogP contribution in [0.15, 0.2) is 48.5 Å². The summed E-state index contributed by atoms with van der Waals surface area (Å²) in [7, 11) is 0. The first-order chi connectivity index (χ1) is 12.1. The van der Waals surface area contributed by atoms with Gasteiger partial charge in [-0.05, 0) is 29.3 Å². The van der Waals surface area contributed by atoms with Crippen LogP contribution in [0.4, 0.5) is 4.79 Å². The van der Waals surface area contributed by atoms with E-state index in [2.05, 4.69) is 5.32 Å². The number of hydrogen-bond acceptors (Lipinski definition) is 4. The van der Waals surface area contributed by atoms with Gasteiger partial charge in [0.2, 0.25) is 6.41 Å². The van der Waals surface area contributed by atoms with Gasteiger partial charge in [-0.1, -0.05) is 30.3 Å². The molecule has 0 saturated carbocycles. The predicted molar refractivity (Wildman–Crippen MR) is 89.8 cm³/mol. The highest BCUT2D eigenvalue weighted by Gasteiger charge is 2.30. The highest BCUT2D eigenvalue weighted by Crippen LogP contribution is 2.28. The van der Waals surface area contributed by atoms with Crippen molar-refractivity contribution in [3.63, 3.8) is 0 Å². The minimum atomic E-state index is -0.634. The van der Waals surface area contributed by atoms with Gasteiger partial charge in [-0.15, -0.1) is 0 Å². The summed E-state index contributed by atoms with van der Waals surface area (Å²) < 4.78 is 0. The molecule has 25 heavy (non-hydrogen) atoms. The Morgan fingerprint density at radius 3 is 2.72 bits per heavy atom. The molecule has 1 heterocycles. The summed E-state index contributed by atoms with van der Waals surface area (Å²) in [5.74, 6) is -0.0509. The SMILES string of the molecule is O=CNC(=O)N[C@@H](CN1Cc2cc(O)ccc2C1=O)c1ccccc1. The topological polar surface area (TPSA) is 98.7 Å². The van der Waals surface area contributed by atoms with Gasteiger partial charge in [0, 0.05) is 18.7 Å². The molecule has 128 valence electrons. The average Bonchev–Trinajstić information content (AvgIpc) is 2.90. The Balaban J connectivity index is 1.80. The van der Waals surface area contributed by atoms with Crippen molar-refractivity contribution in [2.45, 2.75) is 12.6 Å². The number of hydrogen-bond donors (Lipinski definition) is 3. The van der Waals surface area contributed by atoms with Crippen LogP contribution in [0.2, 0.25) is 0 Å². The number of aromatic hydroxyl groups is 1. The van der Waals surface area contributed by atoms with Crippen molar-refractivity contribution in [3.05, 3.63) is 65.2 Å². The molecule has 0 radical (unpaired) electrons. The smallest absolute Gasteiger partial charge is 0.321 e. The number of nitrogens with zero attached hydrogens (tertiary/aromatic N) is 1. The molecule has 4 amide bonds. The lowest BCUT2D eigenvalue weighted by Crippen LogP contribution is -2.42. The molecule has 0 saturated heterocycles. The third-order valence-corrected chi connectivity index (χ3v) is 4.07. The Kier molecular flexibility index (Phi) is 4.65. The Morgan fingerprint density at radius 1 is 1.24 bits per heavy atom.